The first-order valence-electron chi connectivity index (χ1n) is 13.8. The minimum Gasteiger partial charge on any atom is -0.478 e. The van der Waals surface area contributed by atoms with Crippen molar-refractivity contribution in [3.8, 4) is 0 Å². The molecule has 2 aromatic rings. The molecule has 1 aliphatic carbocycles. The summed E-state index contributed by atoms with van der Waals surface area (Å²) in [5.74, 6) is -3.09. The molecule has 2 saturated heterocycles. The Balaban J connectivity index is 1.32. The summed E-state index contributed by atoms with van der Waals surface area (Å²) in [6.07, 6.45) is 2.33. The Labute approximate surface area is 237 Å². The van der Waals surface area contributed by atoms with Crippen LogP contribution in [0.15, 0.2) is 42.5 Å². The first-order chi connectivity index (χ1) is 19.4. The Kier molecular flexibility index (Phi) is 7.31. The van der Waals surface area contributed by atoms with E-state index < -0.39 is 41.2 Å². The summed E-state index contributed by atoms with van der Waals surface area (Å²) < 4.78 is 14.6. The highest BCUT2D eigenvalue weighted by Gasteiger charge is 2.58. The second-order valence-corrected chi connectivity index (χ2v) is 11.4. The molecule has 0 radical (unpaired) electrons. The highest BCUT2D eigenvalue weighted by molar-refractivity contribution is 6.17. The average Bonchev–Trinajstić information content (AvgIpc) is 3.78. The maximum atomic E-state index is 14.6. The first-order valence-corrected chi connectivity index (χ1v) is 13.8. The molecule has 2 N–H and O–H groups in total. The molecule has 216 valence electrons. The Bertz CT molecular complexity index is 1410. The van der Waals surface area contributed by atoms with Crippen LogP contribution < -0.4 is 10.2 Å². The van der Waals surface area contributed by atoms with Crippen LogP contribution in [0.25, 0.3) is 0 Å². The van der Waals surface area contributed by atoms with Gasteiger partial charge in [-0.2, -0.15) is 0 Å². The maximum Gasteiger partial charge on any atom is 0.335 e. The summed E-state index contributed by atoms with van der Waals surface area (Å²) in [5.41, 5.74) is 0.0352. The molecule has 5 amide bonds. The number of halogens is 1. The number of carboxylic acids is 1. The van der Waals surface area contributed by atoms with E-state index in [1.165, 1.54) is 42.3 Å². The summed E-state index contributed by atoms with van der Waals surface area (Å²) in [6.45, 7) is 3.89. The van der Waals surface area contributed by atoms with Crippen molar-refractivity contribution in [2.45, 2.75) is 57.0 Å². The topological polar surface area (TPSA) is 127 Å². The highest BCUT2D eigenvalue weighted by atomic mass is 19.1. The number of hydrogen-bond acceptors (Lipinski definition) is 5. The number of nitrogens with zero attached hydrogens (tertiary/aromatic N) is 3. The maximum absolute atomic E-state index is 14.6. The number of amides is 5. The molecule has 11 heteroatoms. The number of benzene rings is 2. The molecule has 1 saturated carbocycles. The van der Waals surface area contributed by atoms with Crippen LogP contribution >= 0.6 is 0 Å². The molecule has 1 spiro atoms. The zero-order valence-corrected chi connectivity index (χ0v) is 23.2. The van der Waals surface area contributed by atoms with Gasteiger partial charge in [0.15, 0.2) is 0 Å². The van der Waals surface area contributed by atoms with Gasteiger partial charge in [0.1, 0.15) is 17.4 Å². The molecular formula is C30H33FN4O6. The summed E-state index contributed by atoms with van der Waals surface area (Å²) in [5, 5.41) is 12.0. The third-order valence-corrected chi connectivity index (χ3v) is 8.39. The van der Waals surface area contributed by atoms with Crippen LogP contribution in [-0.2, 0) is 9.59 Å². The van der Waals surface area contributed by atoms with E-state index in [9.17, 15) is 33.5 Å². The Morgan fingerprint density at radius 1 is 1.02 bits per heavy atom. The minimum atomic E-state index is -1.23. The Morgan fingerprint density at radius 3 is 2.22 bits per heavy atom. The van der Waals surface area contributed by atoms with E-state index in [-0.39, 0.29) is 48.9 Å². The smallest absolute Gasteiger partial charge is 0.335 e. The van der Waals surface area contributed by atoms with Crippen molar-refractivity contribution < 1.29 is 33.5 Å². The Morgan fingerprint density at radius 2 is 1.66 bits per heavy atom. The number of carbonyl (C=O) groups is 5. The number of imide groups is 1. The standard InChI is InChI=1S/C30H33FN4O6/c1-17(2)24(32-25(36)22-16-20(18-4-5-18)8-11-23(22)31)26(37)34-14-12-30(13-15-34)28(40)33(3)29(41)35(30)21-9-6-19(7-10-21)27(38)39/h6-11,16-18,24H,4-5,12-15H2,1-3H3,(H,32,36)(H,38,39). The fourth-order valence-electron chi connectivity index (χ4n) is 5.79. The van der Waals surface area contributed by atoms with Crippen LogP contribution in [0.3, 0.4) is 0 Å². The number of urea groups is 1. The van der Waals surface area contributed by atoms with E-state index in [4.69, 9.17) is 0 Å². The van der Waals surface area contributed by atoms with Crippen LogP contribution in [0.5, 0.6) is 0 Å². The van der Waals surface area contributed by atoms with Crippen LogP contribution in [0.4, 0.5) is 14.9 Å². The summed E-state index contributed by atoms with van der Waals surface area (Å²) in [7, 11) is 1.40. The molecule has 3 fully saturated rings. The van der Waals surface area contributed by atoms with Gasteiger partial charge >= 0.3 is 12.0 Å². The van der Waals surface area contributed by atoms with Crippen molar-refractivity contribution in [2.75, 3.05) is 25.0 Å². The van der Waals surface area contributed by atoms with E-state index in [0.717, 1.165) is 23.3 Å². The van der Waals surface area contributed by atoms with Crippen LogP contribution in [0.2, 0.25) is 0 Å². The monoisotopic (exact) mass is 564 g/mol. The largest absolute Gasteiger partial charge is 0.478 e. The van der Waals surface area contributed by atoms with Gasteiger partial charge in [-0.15, -0.1) is 0 Å². The number of nitrogens with one attached hydrogen (secondary N) is 1. The number of likely N-dealkylation sites (tertiary alicyclic amines) is 1. The molecule has 2 aliphatic heterocycles. The van der Waals surface area contributed by atoms with Crippen molar-refractivity contribution in [2.24, 2.45) is 5.92 Å². The zero-order valence-electron chi connectivity index (χ0n) is 23.2. The van der Waals surface area contributed by atoms with Gasteiger partial charge in [0, 0.05) is 25.8 Å². The number of piperidine rings is 1. The van der Waals surface area contributed by atoms with E-state index in [2.05, 4.69) is 5.32 Å². The van der Waals surface area contributed by atoms with Gasteiger partial charge in [0.05, 0.1) is 11.1 Å². The van der Waals surface area contributed by atoms with Gasteiger partial charge < -0.3 is 15.3 Å². The fourth-order valence-corrected chi connectivity index (χ4v) is 5.79. The summed E-state index contributed by atoms with van der Waals surface area (Å²) >= 11 is 0. The number of rotatable bonds is 7. The predicted octanol–water partition coefficient (Wildman–Crippen LogP) is 3.62. The molecule has 3 aliphatic rings. The number of hydrogen-bond donors (Lipinski definition) is 2. The second-order valence-electron chi connectivity index (χ2n) is 11.4. The fraction of sp³-hybridized carbons (Fsp3) is 0.433. The zero-order chi connectivity index (χ0) is 29.6. The highest BCUT2D eigenvalue weighted by Crippen LogP contribution is 2.41. The molecule has 5 rings (SSSR count). The molecule has 2 heterocycles. The van der Waals surface area contributed by atoms with Gasteiger partial charge in [0.2, 0.25) is 5.91 Å². The number of carbonyl (C=O) groups excluding carboxylic acids is 4. The third kappa shape index (κ3) is 5.05. The molecule has 10 nitrogen and oxygen atoms in total. The van der Waals surface area contributed by atoms with Gasteiger partial charge in [-0.25, -0.2) is 14.0 Å². The molecule has 1 unspecified atom stereocenters. The number of aromatic carboxylic acids is 1. The van der Waals surface area contributed by atoms with Gasteiger partial charge in [-0.1, -0.05) is 19.9 Å². The average molecular weight is 565 g/mol. The van der Waals surface area contributed by atoms with Crippen molar-refractivity contribution >= 4 is 35.4 Å². The van der Waals surface area contributed by atoms with Crippen LogP contribution in [0, 0.1) is 11.7 Å². The van der Waals surface area contributed by atoms with Crippen molar-refractivity contribution in [3.63, 3.8) is 0 Å². The van der Waals surface area contributed by atoms with Crippen molar-refractivity contribution in [1.82, 2.24) is 15.1 Å². The van der Waals surface area contributed by atoms with Crippen molar-refractivity contribution in [1.29, 1.82) is 0 Å². The first kappa shape index (κ1) is 28.3. The number of likely N-dealkylation sites (N-methyl/N-ethyl adjacent to an activating group) is 1. The van der Waals surface area contributed by atoms with Gasteiger partial charge in [-0.05, 0) is 79.5 Å². The number of carboxylic acid groups (broad SMARTS) is 1. The van der Waals surface area contributed by atoms with E-state index in [1.807, 2.05) is 0 Å². The predicted molar refractivity (Wildman–Crippen MR) is 147 cm³/mol. The minimum absolute atomic E-state index is 0.0514. The molecule has 0 bridgehead atoms. The lowest BCUT2D eigenvalue weighted by atomic mass is 9.85. The van der Waals surface area contributed by atoms with Crippen LogP contribution in [-0.4, -0.2) is 76.3 Å². The van der Waals surface area contributed by atoms with E-state index in [1.54, 1.807) is 30.9 Å². The normalized spacial score (nSPS) is 19.2. The molecular weight excluding hydrogens is 531 g/mol. The quantitative estimate of drug-likeness (QED) is 0.495. The SMILES string of the molecule is CC(C)C(NC(=O)c1cc(C2CC2)ccc1F)C(=O)N1CCC2(CC1)C(=O)N(C)C(=O)N2c1ccc(C(=O)O)cc1. The number of anilines is 1. The van der Waals surface area contributed by atoms with E-state index >= 15 is 0 Å². The van der Waals surface area contributed by atoms with E-state index in [0.29, 0.717) is 11.6 Å². The third-order valence-electron chi connectivity index (χ3n) is 8.39. The molecule has 0 aromatic heterocycles. The molecule has 1 atom stereocenters. The molecule has 2 aromatic carbocycles. The summed E-state index contributed by atoms with van der Waals surface area (Å²) in [4.78, 5) is 68.5. The Hall–Kier alpha value is -4.28. The van der Waals surface area contributed by atoms with Gasteiger partial charge in [0.25, 0.3) is 11.8 Å². The lowest BCUT2D eigenvalue weighted by Crippen LogP contribution is -2.60. The van der Waals surface area contributed by atoms with Crippen LogP contribution in [0.1, 0.15) is 71.7 Å². The van der Waals surface area contributed by atoms with Gasteiger partial charge in [-0.3, -0.25) is 24.2 Å². The second kappa shape index (κ2) is 10.6. The molecule has 41 heavy (non-hydrogen) atoms. The lowest BCUT2D eigenvalue weighted by Gasteiger charge is -2.43. The lowest BCUT2D eigenvalue weighted by molar-refractivity contribution is -0.139. The van der Waals surface area contributed by atoms with Crippen molar-refractivity contribution in [3.05, 3.63) is 65.0 Å². The summed E-state index contributed by atoms with van der Waals surface area (Å²) in [6, 6.07) is 8.84.